The summed E-state index contributed by atoms with van der Waals surface area (Å²) in [5, 5.41) is 9.59. The van der Waals surface area contributed by atoms with E-state index in [0.29, 0.717) is 12.8 Å². The number of quaternary nitrogens is 1. The molecule has 0 aromatic carbocycles. The summed E-state index contributed by atoms with van der Waals surface area (Å²) in [4.78, 5) is 36.7. The number of carboxylic acids is 1. The van der Waals surface area contributed by atoms with Gasteiger partial charge in [-0.15, -0.1) is 0 Å². The molecule has 0 amide bonds. The second-order valence-electron chi connectivity index (χ2n) is 15.6. The van der Waals surface area contributed by atoms with Crippen LogP contribution in [0, 0.1) is 0 Å². The number of hydrogen-bond acceptors (Lipinski definition) is 6. The average molecular weight is 761 g/mol. The van der Waals surface area contributed by atoms with Crippen molar-refractivity contribution in [1.82, 2.24) is 0 Å². The number of aliphatic carboxylic acids is 1. The van der Waals surface area contributed by atoms with Crippen LogP contribution in [-0.2, 0) is 28.6 Å². The summed E-state index contributed by atoms with van der Waals surface area (Å²) in [5.41, 5.74) is 0. The summed E-state index contributed by atoms with van der Waals surface area (Å²) in [6, 6.07) is -0.628. The van der Waals surface area contributed by atoms with Gasteiger partial charge in [-0.25, -0.2) is 4.79 Å². The normalized spacial score (nSPS) is 13.4. The minimum Gasteiger partial charge on any atom is -0.477 e. The van der Waals surface area contributed by atoms with Crippen LogP contribution >= 0.6 is 0 Å². The van der Waals surface area contributed by atoms with E-state index in [0.717, 1.165) is 38.5 Å². The lowest BCUT2D eigenvalue weighted by molar-refractivity contribution is -0.887. The quantitative estimate of drug-likeness (QED) is 0.0289. The Morgan fingerprint density at radius 1 is 0.593 bits per heavy atom. The summed E-state index contributed by atoms with van der Waals surface area (Å²) < 4.78 is 17.1. The molecule has 0 aliphatic carbocycles. The molecule has 0 heterocycles. The highest BCUT2D eigenvalue weighted by Crippen LogP contribution is 2.14. The van der Waals surface area contributed by atoms with Crippen molar-refractivity contribution in [2.75, 3.05) is 41.0 Å². The number of carbonyl (C=O) groups is 3. The van der Waals surface area contributed by atoms with Gasteiger partial charge in [-0.3, -0.25) is 9.59 Å². The van der Waals surface area contributed by atoms with Crippen molar-refractivity contribution in [3.8, 4) is 0 Å². The Labute approximate surface area is 331 Å². The largest absolute Gasteiger partial charge is 0.477 e. The minimum atomic E-state index is -0.889. The molecule has 0 aliphatic heterocycles. The summed E-state index contributed by atoms with van der Waals surface area (Å²) >= 11 is 0. The first kappa shape index (κ1) is 51.3. The van der Waals surface area contributed by atoms with Gasteiger partial charge in [0.25, 0.3) is 0 Å². The van der Waals surface area contributed by atoms with Crippen LogP contribution in [0.25, 0.3) is 0 Å². The van der Waals surface area contributed by atoms with E-state index in [2.05, 4.69) is 50.3 Å². The second kappa shape index (κ2) is 37.2. The fourth-order valence-electron chi connectivity index (χ4n) is 6.15. The summed E-state index contributed by atoms with van der Waals surface area (Å²) in [6.07, 6.45) is 43.5. The van der Waals surface area contributed by atoms with Gasteiger partial charge in [0, 0.05) is 12.8 Å². The number of allylic oxidation sites excluding steroid dienone is 7. The van der Waals surface area contributed by atoms with Gasteiger partial charge in [-0.2, -0.15) is 0 Å². The number of esters is 2. The standard InChI is InChI=1S/C46H81NO7/c1-6-8-10-12-14-16-17-18-19-20-21-22-23-24-25-26-27-29-30-32-34-36-44(48)53-41-42(40-52-39-38-43(46(50)51)47(3,4)5)54-45(49)37-35-33-31-28-15-13-11-9-7-2/h9,11,15,22-23,28,33,35,42-43H,6-8,10,12-14,16-21,24-27,29-32,34,36-41H2,1-5H3/p+1/b11-9+,23-22+,28-15+,35-33+. The zero-order valence-electron chi connectivity index (χ0n) is 35.4. The fraction of sp³-hybridized carbons (Fsp3) is 0.761. The van der Waals surface area contributed by atoms with E-state index in [9.17, 15) is 19.5 Å². The van der Waals surface area contributed by atoms with Crippen molar-refractivity contribution < 1.29 is 38.2 Å². The smallest absolute Gasteiger partial charge is 0.362 e. The molecule has 0 aromatic rings. The predicted molar refractivity (Wildman–Crippen MR) is 224 cm³/mol. The Bertz CT molecular complexity index is 1030. The molecule has 0 radical (unpaired) electrons. The van der Waals surface area contributed by atoms with Crippen molar-refractivity contribution >= 4 is 17.9 Å². The van der Waals surface area contributed by atoms with E-state index < -0.39 is 24.1 Å². The van der Waals surface area contributed by atoms with Crippen LogP contribution in [0.3, 0.4) is 0 Å². The molecule has 0 aliphatic rings. The van der Waals surface area contributed by atoms with Gasteiger partial charge >= 0.3 is 17.9 Å². The van der Waals surface area contributed by atoms with Crippen molar-refractivity contribution in [2.24, 2.45) is 0 Å². The first-order valence-electron chi connectivity index (χ1n) is 21.7. The van der Waals surface area contributed by atoms with Gasteiger partial charge < -0.3 is 23.8 Å². The Morgan fingerprint density at radius 2 is 1.09 bits per heavy atom. The molecule has 54 heavy (non-hydrogen) atoms. The van der Waals surface area contributed by atoms with Crippen molar-refractivity contribution in [3.63, 3.8) is 0 Å². The molecule has 0 aromatic heterocycles. The van der Waals surface area contributed by atoms with Crippen molar-refractivity contribution in [3.05, 3.63) is 48.6 Å². The molecule has 8 heteroatoms. The van der Waals surface area contributed by atoms with Crippen LogP contribution in [0.1, 0.15) is 174 Å². The number of hydrogen-bond donors (Lipinski definition) is 1. The lowest BCUT2D eigenvalue weighted by Crippen LogP contribution is -2.50. The van der Waals surface area contributed by atoms with Crippen LogP contribution in [0.5, 0.6) is 0 Å². The Kier molecular flexibility index (Phi) is 35.4. The number of carbonyl (C=O) groups excluding carboxylic acids is 2. The maximum Gasteiger partial charge on any atom is 0.362 e. The second-order valence-corrected chi connectivity index (χ2v) is 15.6. The summed E-state index contributed by atoms with van der Waals surface area (Å²) in [6.45, 7) is 4.50. The topological polar surface area (TPSA) is 99.1 Å². The summed E-state index contributed by atoms with van der Waals surface area (Å²) in [7, 11) is 5.49. The van der Waals surface area contributed by atoms with Gasteiger partial charge in [0.05, 0.1) is 40.8 Å². The monoisotopic (exact) mass is 761 g/mol. The molecule has 0 saturated heterocycles. The van der Waals surface area contributed by atoms with E-state index in [1.54, 1.807) is 6.08 Å². The Balaban J connectivity index is 4.26. The number of unbranched alkanes of at least 4 members (excludes halogenated alkanes) is 17. The zero-order valence-corrected chi connectivity index (χ0v) is 35.4. The highest BCUT2D eigenvalue weighted by atomic mass is 16.6. The number of rotatable bonds is 38. The molecule has 1 N–H and O–H groups in total. The van der Waals surface area contributed by atoms with Gasteiger partial charge in [0.1, 0.15) is 6.61 Å². The predicted octanol–water partition coefficient (Wildman–Crippen LogP) is 11.6. The minimum absolute atomic E-state index is 0.0232. The lowest BCUT2D eigenvalue weighted by atomic mass is 10.1. The number of ether oxygens (including phenoxy) is 3. The first-order valence-corrected chi connectivity index (χ1v) is 21.7. The highest BCUT2D eigenvalue weighted by molar-refractivity contribution is 5.72. The summed E-state index contributed by atoms with van der Waals surface area (Å²) in [5.74, 6) is -1.63. The number of nitrogens with zero attached hydrogens (tertiary/aromatic N) is 1. The highest BCUT2D eigenvalue weighted by Gasteiger charge is 2.31. The molecule has 0 fully saturated rings. The van der Waals surface area contributed by atoms with Crippen LogP contribution in [0.2, 0.25) is 0 Å². The van der Waals surface area contributed by atoms with Crippen LogP contribution in [0.4, 0.5) is 0 Å². The van der Waals surface area contributed by atoms with Crippen LogP contribution in [-0.4, -0.2) is 80.6 Å². The molecule has 0 spiro atoms. The Morgan fingerprint density at radius 3 is 1.61 bits per heavy atom. The van der Waals surface area contributed by atoms with E-state index in [1.165, 1.54) is 103 Å². The third-order valence-electron chi connectivity index (χ3n) is 9.50. The molecule has 2 atom stereocenters. The average Bonchev–Trinajstić information content (AvgIpc) is 3.12. The zero-order chi connectivity index (χ0) is 40.0. The van der Waals surface area contributed by atoms with Gasteiger partial charge in [-0.05, 0) is 51.4 Å². The molecule has 0 rings (SSSR count). The maximum absolute atomic E-state index is 12.6. The van der Waals surface area contributed by atoms with Gasteiger partial charge in [-0.1, -0.05) is 152 Å². The third-order valence-corrected chi connectivity index (χ3v) is 9.50. The lowest BCUT2D eigenvalue weighted by Gasteiger charge is -2.31. The van der Waals surface area contributed by atoms with E-state index >= 15 is 0 Å². The first-order chi connectivity index (χ1) is 26.1. The third kappa shape index (κ3) is 35.0. The number of likely N-dealkylation sites (N-methyl/N-ethyl adjacent to an activating group) is 1. The molecular weight excluding hydrogens is 679 g/mol. The molecule has 8 nitrogen and oxygen atoms in total. The van der Waals surface area contributed by atoms with E-state index in [4.69, 9.17) is 14.2 Å². The molecule has 312 valence electrons. The Hall–Kier alpha value is -2.71. The van der Waals surface area contributed by atoms with E-state index in [-0.39, 0.29) is 36.7 Å². The molecule has 0 saturated carbocycles. The maximum atomic E-state index is 12.6. The number of carboxylic acid groups (broad SMARTS) is 1. The van der Waals surface area contributed by atoms with Crippen LogP contribution in [0.15, 0.2) is 48.6 Å². The molecular formula is C46H82NO7+. The SMILES string of the molecule is CC/C=C/C/C=C/C/C=C/CC(=O)OC(COCCC(C(=O)O)[N+](C)(C)C)COC(=O)CCCCCCCCC/C=C/CCCCCCCCCCCC. The molecule has 2 unspecified atom stereocenters. The van der Waals surface area contributed by atoms with Crippen molar-refractivity contribution in [2.45, 2.75) is 187 Å². The van der Waals surface area contributed by atoms with Crippen LogP contribution < -0.4 is 0 Å². The van der Waals surface area contributed by atoms with Gasteiger partial charge in [0.15, 0.2) is 12.1 Å². The van der Waals surface area contributed by atoms with Gasteiger partial charge in [0.2, 0.25) is 0 Å². The molecule has 0 bridgehead atoms. The van der Waals surface area contributed by atoms with Crippen molar-refractivity contribution in [1.29, 1.82) is 0 Å². The fourth-order valence-corrected chi connectivity index (χ4v) is 6.15. The van der Waals surface area contributed by atoms with E-state index in [1.807, 2.05) is 27.2 Å².